The summed E-state index contributed by atoms with van der Waals surface area (Å²) in [4.78, 5) is 2.34. The van der Waals surface area contributed by atoms with Crippen LogP contribution in [0.25, 0.3) is 0 Å². The number of hydrogen-bond acceptors (Lipinski definition) is 4. The highest BCUT2D eigenvalue weighted by Gasteiger charge is 2.33. The van der Waals surface area contributed by atoms with Gasteiger partial charge in [-0.25, -0.2) is 8.42 Å². The Balaban J connectivity index is 1.87. The van der Waals surface area contributed by atoms with E-state index in [1.165, 1.54) is 32.1 Å². The molecule has 2 aliphatic rings. The first kappa shape index (κ1) is 15.3. The summed E-state index contributed by atoms with van der Waals surface area (Å²) in [5, 5.41) is 0. The minimum absolute atomic E-state index is 0.164. The minimum atomic E-state index is -2.80. The van der Waals surface area contributed by atoms with Gasteiger partial charge in [0.1, 0.15) is 0 Å². The van der Waals surface area contributed by atoms with Crippen LogP contribution >= 0.6 is 0 Å². The Hall–Kier alpha value is -0.130. The van der Waals surface area contributed by atoms with Crippen LogP contribution in [0.2, 0.25) is 0 Å². The van der Waals surface area contributed by atoms with Crippen molar-refractivity contribution in [3.63, 3.8) is 0 Å². The monoisotopic (exact) mass is 288 g/mol. The Morgan fingerprint density at radius 2 is 1.95 bits per heavy atom. The Morgan fingerprint density at radius 3 is 2.53 bits per heavy atom. The van der Waals surface area contributed by atoms with Crippen LogP contribution in [0.5, 0.6) is 0 Å². The van der Waals surface area contributed by atoms with Crippen molar-refractivity contribution in [1.29, 1.82) is 0 Å². The molecule has 1 saturated heterocycles. The van der Waals surface area contributed by atoms with E-state index in [1.807, 2.05) is 6.92 Å². The molecule has 2 fully saturated rings. The fraction of sp³-hybridized carbons (Fsp3) is 1.00. The van der Waals surface area contributed by atoms with Crippen LogP contribution in [0.4, 0.5) is 0 Å². The molecule has 19 heavy (non-hydrogen) atoms. The smallest absolute Gasteiger partial charge is 0.153 e. The third kappa shape index (κ3) is 3.92. The first-order valence-corrected chi connectivity index (χ1v) is 9.43. The molecule has 0 amide bonds. The molecule has 0 spiro atoms. The quantitative estimate of drug-likeness (QED) is 0.849. The van der Waals surface area contributed by atoms with E-state index in [0.717, 1.165) is 19.5 Å². The molecule has 1 saturated carbocycles. The summed E-state index contributed by atoms with van der Waals surface area (Å²) in [7, 11) is -2.80. The highest BCUT2D eigenvalue weighted by Crippen LogP contribution is 2.38. The van der Waals surface area contributed by atoms with Crippen LogP contribution in [0.3, 0.4) is 0 Å². The zero-order valence-electron chi connectivity index (χ0n) is 12.1. The van der Waals surface area contributed by atoms with Crippen molar-refractivity contribution in [3.8, 4) is 0 Å². The minimum Gasteiger partial charge on any atom is -0.330 e. The molecular weight excluding hydrogens is 260 g/mol. The van der Waals surface area contributed by atoms with E-state index in [2.05, 4.69) is 4.90 Å². The second kappa shape index (κ2) is 6.10. The SMILES string of the molecule is CC1CS(=O)(=O)CCN1CCC1(CN)CCCCC1. The van der Waals surface area contributed by atoms with Gasteiger partial charge >= 0.3 is 0 Å². The summed E-state index contributed by atoms with van der Waals surface area (Å²) in [6.07, 6.45) is 7.60. The van der Waals surface area contributed by atoms with Crippen LogP contribution in [0.1, 0.15) is 45.4 Å². The van der Waals surface area contributed by atoms with Gasteiger partial charge in [0, 0.05) is 12.6 Å². The summed E-state index contributed by atoms with van der Waals surface area (Å²) < 4.78 is 23.2. The van der Waals surface area contributed by atoms with Crippen molar-refractivity contribution in [3.05, 3.63) is 0 Å². The van der Waals surface area contributed by atoms with E-state index >= 15 is 0 Å². The Bertz CT molecular complexity index is 388. The van der Waals surface area contributed by atoms with Gasteiger partial charge in [0.15, 0.2) is 9.84 Å². The Morgan fingerprint density at radius 1 is 1.26 bits per heavy atom. The molecule has 2 N–H and O–H groups in total. The molecular formula is C14H28N2O2S. The van der Waals surface area contributed by atoms with E-state index in [9.17, 15) is 8.42 Å². The zero-order valence-corrected chi connectivity index (χ0v) is 12.9. The van der Waals surface area contributed by atoms with Gasteiger partial charge in [0.25, 0.3) is 0 Å². The van der Waals surface area contributed by atoms with E-state index in [4.69, 9.17) is 5.73 Å². The maximum Gasteiger partial charge on any atom is 0.153 e. The topological polar surface area (TPSA) is 63.4 Å². The average molecular weight is 288 g/mol. The first-order valence-electron chi connectivity index (χ1n) is 7.61. The lowest BCUT2D eigenvalue weighted by Gasteiger charge is -2.40. The molecule has 0 bridgehead atoms. The fourth-order valence-corrected chi connectivity index (χ4v) is 5.23. The van der Waals surface area contributed by atoms with Gasteiger partial charge in [0.2, 0.25) is 0 Å². The molecule has 1 heterocycles. The summed E-state index contributed by atoms with van der Waals surface area (Å²) in [5.74, 6) is 0.648. The molecule has 0 aromatic carbocycles. The molecule has 1 aliphatic heterocycles. The van der Waals surface area contributed by atoms with Crippen molar-refractivity contribution in [1.82, 2.24) is 4.90 Å². The number of nitrogens with two attached hydrogens (primary N) is 1. The molecule has 112 valence electrons. The molecule has 1 atom stereocenters. The summed E-state index contributed by atoms with van der Waals surface area (Å²) in [6, 6.07) is 0.164. The third-order valence-corrected chi connectivity index (χ3v) is 6.88. The van der Waals surface area contributed by atoms with Crippen molar-refractivity contribution in [2.75, 3.05) is 31.1 Å². The third-order valence-electron chi connectivity index (χ3n) is 5.08. The first-order chi connectivity index (χ1) is 8.96. The summed E-state index contributed by atoms with van der Waals surface area (Å²) in [6.45, 7) is 4.53. The van der Waals surface area contributed by atoms with E-state index in [-0.39, 0.29) is 6.04 Å². The van der Waals surface area contributed by atoms with Crippen LogP contribution < -0.4 is 5.73 Å². The average Bonchev–Trinajstić information content (AvgIpc) is 2.38. The molecule has 0 aromatic rings. The second-order valence-corrected chi connectivity index (χ2v) is 8.74. The summed E-state index contributed by atoms with van der Waals surface area (Å²) in [5.41, 5.74) is 6.34. The number of nitrogens with zero attached hydrogens (tertiary/aromatic N) is 1. The standard InChI is InChI=1S/C14H28N2O2S/c1-13-11-19(17,18)10-9-16(13)8-7-14(12-15)5-3-2-4-6-14/h13H,2-12,15H2,1H3. The molecule has 0 aromatic heterocycles. The Labute approximate surface area is 117 Å². The van der Waals surface area contributed by atoms with Gasteiger partial charge in [-0.05, 0) is 44.7 Å². The fourth-order valence-electron chi connectivity index (χ4n) is 3.60. The van der Waals surface area contributed by atoms with E-state index in [0.29, 0.717) is 23.5 Å². The predicted octanol–water partition coefficient (Wildman–Crippen LogP) is 1.40. The van der Waals surface area contributed by atoms with Gasteiger partial charge in [-0.1, -0.05) is 19.3 Å². The lowest BCUT2D eigenvalue weighted by molar-refractivity contribution is 0.133. The van der Waals surface area contributed by atoms with Crippen LogP contribution in [0.15, 0.2) is 0 Å². The maximum absolute atomic E-state index is 11.6. The van der Waals surface area contributed by atoms with Gasteiger partial charge in [-0.3, -0.25) is 4.90 Å². The van der Waals surface area contributed by atoms with E-state index in [1.54, 1.807) is 0 Å². The normalized spacial score (nSPS) is 31.2. The predicted molar refractivity (Wildman–Crippen MR) is 78.9 cm³/mol. The zero-order chi connectivity index (χ0) is 13.9. The summed E-state index contributed by atoms with van der Waals surface area (Å²) >= 11 is 0. The largest absolute Gasteiger partial charge is 0.330 e. The van der Waals surface area contributed by atoms with Crippen molar-refractivity contribution in [2.24, 2.45) is 11.1 Å². The van der Waals surface area contributed by atoms with Crippen molar-refractivity contribution >= 4 is 9.84 Å². The molecule has 0 radical (unpaired) electrons. The van der Waals surface area contributed by atoms with Gasteiger partial charge < -0.3 is 5.73 Å². The number of rotatable bonds is 4. The van der Waals surface area contributed by atoms with Crippen molar-refractivity contribution in [2.45, 2.75) is 51.5 Å². The lowest BCUT2D eigenvalue weighted by atomic mass is 9.72. The number of sulfone groups is 1. The second-order valence-electron chi connectivity index (χ2n) is 6.51. The molecule has 1 aliphatic carbocycles. The maximum atomic E-state index is 11.6. The molecule has 5 heteroatoms. The lowest BCUT2D eigenvalue weighted by Crippen LogP contribution is -2.48. The number of hydrogen-bond donors (Lipinski definition) is 1. The van der Waals surface area contributed by atoms with Gasteiger partial charge in [-0.2, -0.15) is 0 Å². The Kier molecular flexibility index (Phi) is 4.90. The molecule has 4 nitrogen and oxygen atoms in total. The van der Waals surface area contributed by atoms with Crippen LogP contribution in [-0.4, -0.2) is 50.5 Å². The van der Waals surface area contributed by atoms with Crippen LogP contribution in [-0.2, 0) is 9.84 Å². The highest BCUT2D eigenvalue weighted by molar-refractivity contribution is 7.91. The molecule has 2 rings (SSSR count). The van der Waals surface area contributed by atoms with Crippen molar-refractivity contribution < 1.29 is 8.42 Å². The molecule has 1 unspecified atom stereocenters. The van der Waals surface area contributed by atoms with Crippen LogP contribution in [0, 0.1) is 5.41 Å². The van der Waals surface area contributed by atoms with Gasteiger partial charge in [-0.15, -0.1) is 0 Å². The van der Waals surface area contributed by atoms with Gasteiger partial charge in [0.05, 0.1) is 11.5 Å². The highest BCUT2D eigenvalue weighted by atomic mass is 32.2. The van der Waals surface area contributed by atoms with E-state index < -0.39 is 9.84 Å².